The van der Waals surface area contributed by atoms with E-state index in [4.69, 9.17) is 11.6 Å². The van der Waals surface area contributed by atoms with E-state index in [1.165, 1.54) is 0 Å². The van der Waals surface area contributed by atoms with E-state index in [-0.39, 0.29) is 5.78 Å². The first-order valence-corrected chi connectivity index (χ1v) is 6.79. The number of Topliss-reactive ketones (excluding diaryl/α,β-unsaturated/α-hetero) is 1. The van der Waals surface area contributed by atoms with Gasteiger partial charge in [-0.25, -0.2) is 0 Å². The molecule has 0 unspecified atom stereocenters. The van der Waals surface area contributed by atoms with E-state index in [1.807, 2.05) is 48.5 Å². The molecule has 0 saturated carbocycles. The number of nitrogens with one attached hydrogen (secondary N) is 1. The average Bonchev–Trinajstić information content (AvgIpc) is 2.48. The van der Waals surface area contributed by atoms with E-state index in [0.717, 1.165) is 11.1 Å². The summed E-state index contributed by atoms with van der Waals surface area (Å²) in [5.74, 6) is 0.0404. The van der Waals surface area contributed by atoms with E-state index in [9.17, 15) is 4.79 Å². The standard InChI is InChI=1S/C17H16ClNO/c1-19-12-15(13-7-3-2-4-8-13)17(20)11-14-9-5-6-10-16(14)18/h2-10,12,19H,11H2,1H3. The third-order valence-electron chi connectivity index (χ3n) is 2.98. The minimum atomic E-state index is 0.0404. The summed E-state index contributed by atoms with van der Waals surface area (Å²) < 4.78 is 0. The Morgan fingerprint density at radius 1 is 1.10 bits per heavy atom. The Balaban J connectivity index is 2.26. The molecule has 0 saturated heterocycles. The van der Waals surface area contributed by atoms with Crippen molar-refractivity contribution in [1.29, 1.82) is 0 Å². The van der Waals surface area contributed by atoms with Crippen LogP contribution in [0.2, 0.25) is 5.02 Å². The highest BCUT2D eigenvalue weighted by molar-refractivity contribution is 6.32. The van der Waals surface area contributed by atoms with Crippen molar-refractivity contribution in [3.05, 3.63) is 76.9 Å². The molecule has 0 spiro atoms. The Kier molecular flexibility index (Phi) is 4.97. The molecule has 0 heterocycles. The van der Waals surface area contributed by atoms with E-state index in [2.05, 4.69) is 5.32 Å². The molecular weight excluding hydrogens is 270 g/mol. The lowest BCUT2D eigenvalue weighted by Gasteiger charge is -2.08. The fourth-order valence-corrected chi connectivity index (χ4v) is 2.20. The van der Waals surface area contributed by atoms with Crippen LogP contribution in [-0.2, 0) is 11.2 Å². The summed E-state index contributed by atoms with van der Waals surface area (Å²) >= 11 is 6.11. The SMILES string of the molecule is CNC=C(C(=O)Cc1ccccc1Cl)c1ccccc1. The van der Waals surface area contributed by atoms with Crippen LogP contribution >= 0.6 is 11.6 Å². The molecule has 0 amide bonds. The van der Waals surface area contributed by atoms with Gasteiger partial charge in [0.1, 0.15) is 0 Å². The second kappa shape index (κ2) is 6.92. The molecule has 3 heteroatoms. The summed E-state index contributed by atoms with van der Waals surface area (Å²) in [5, 5.41) is 3.55. The average molecular weight is 286 g/mol. The fourth-order valence-electron chi connectivity index (χ4n) is 2.00. The van der Waals surface area contributed by atoms with E-state index < -0.39 is 0 Å². The van der Waals surface area contributed by atoms with Gasteiger partial charge in [0.05, 0.1) is 0 Å². The molecule has 20 heavy (non-hydrogen) atoms. The number of allylic oxidation sites excluding steroid dienone is 1. The maximum atomic E-state index is 12.5. The molecule has 0 aliphatic rings. The van der Waals surface area contributed by atoms with E-state index in [0.29, 0.717) is 17.0 Å². The molecule has 1 N–H and O–H groups in total. The quantitative estimate of drug-likeness (QED) is 0.849. The van der Waals surface area contributed by atoms with Crippen molar-refractivity contribution in [2.45, 2.75) is 6.42 Å². The molecule has 0 aliphatic heterocycles. The number of ketones is 1. The molecule has 2 aromatic carbocycles. The summed E-state index contributed by atoms with van der Waals surface area (Å²) in [7, 11) is 1.78. The van der Waals surface area contributed by atoms with Gasteiger partial charge >= 0.3 is 0 Å². The maximum absolute atomic E-state index is 12.5. The zero-order chi connectivity index (χ0) is 14.4. The van der Waals surface area contributed by atoms with Crippen LogP contribution in [0.3, 0.4) is 0 Å². The normalized spacial score (nSPS) is 11.2. The van der Waals surface area contributed by atoms with Crippen LogP contribution < -0.4 is 5.32 Å². The van der Waals surface area contributed by atoms with Crippen molar-refractivity contribution in [3.8, 4) is 0 Å². The highest BCUT2D eigenvalue weighted by Crippen LogP contribution is 2.21. The van der Waals surface area contributed by atoms with Crippen molar-refractivity contribution in [2.75, 3.05) is 7.05 Å². The Hall–Kier alpha value is -2.06. The van der Waals surface area contributed by atoms with Crippen molar-refractivity contribution < 1.29 is 4.79 Å². The van der Waals surface area contributed by atoms with Crippen LogP contribution in [-0.4, -0.2) is 12.8 Å². The zero-order valence-electron chi connectivity index (χ0n) is 11.3. The largest absolute Gasteiger partial charge is 0.393 e. The molecule has 0 bridgehead atoms. The number of carbonyl (C=O) groups excluding carboxylic acids is 1. The molecule has 2 nitrogen and oxygen atoms in total. The van der Waals surface area contributed by atoms with E-state index in [1.54, 1.807) is 19.3 Å². The minimum absolute atomic E-state index is 0.0404. The predicted octanol–water partition coefficient (Wildman–Crippen LogP) is 3.71. The van der Waals surface area contributed by atoms with Gasteiger partial charge in [-0.15, -0.1) is 0 Å². The lowest BCUT2D eigenvalue weighted by molar-refractivity contribution is -0.113. The first-order valence-electron chi connectivity index (χ1n) is 6.42. The third kappa shape index (κ3) is 3.49. The van der Waals surface area contributed by atoms with Gasteiger partial charge in [-0.05, 0) is 17.2 Å². The number of benzene rings is 2. The minimum Gasteiger partial charge on any atom is -0.393 e. The number of hydrogen-bond donors (Lipinski definition) is 1. The monoisotopic (exact) mass is 285 g/mol. The lowest BCUT2D eigenvalue weighted by atomic mass is 9.98. The van der Waals surface area contributed by atoms with Crippen LogP contribution in [0.5, 0.6) is 0 Å². The fraction of sp³-hybridized carbons (Fsp3) is 0.118. The third-order valence-corrected chi connectivity index (χ3v) is 3.35. The van der Waals surface area contributed by atoms with Crippen molar-refractivity contribution >= 4 is 23.0 Å². The Morgan fingerprint density at radius 3 is 2.40 bits per heavy atom. The number of halogens is 1. The summed E-state index contributed by atoms with van der Waals surface area (Å²) in [4.78, 5) is 12.5. The van der Waals surface area contributed by atoms with Crippen molar-refractivity contribution in [1.82, 2.24) is 5.32 Å². The Bertz CT molecular complexity index is 620. The van der Waals surface area contributed by atoms with Gasteiger partial charge in [0.25, 0.3) is 0 Å². The second-order valence-corrected chi connectivity index (χ2v) is 4.81. The molecule has 0 atom stereocenters. The van der Waals surface area contributed by atoms with Gasteiger partial charge in [-0.2, -0.15) is 0 Å². The molecular formula is C17H16ClNO. The molecule has 0 aliphatic carbocycles. The van der Waals surface area contributed by atoms with E-state index >= 15 is 0 Å². The summed E-state index contributed by atoms with van der Waals surface area (Å²) in [6, 6.07) is 17.0. The maximum Gasteiger partial charge on any atom is 0.169 e. The number of hydrogen-bond acceptors (Lipinski definition) is 2. The first-order chi connectivity index (χ1) is 9.72. The summed E-state index contributed by atoms with van der Waals surface area (Å²) in [6.07, 6.45) is 2.02. The highest BCUT2D eigenvalue weighted by Gasteiger charge is 2.13. The van der Waals surface area contributed by atoms with Gasteiger partial charge in [-0.1, -0.05) is 60.1 Å². The van der Waals surface area contributed by atoms with Crippen LogP contribution in [0.1, 0.15) is 11.1 Å². The van der Waals surface area contributed by atoms with Crippen LogP contribution in [0, 0.1) is 0 Å². The van der Waals surface area contributed by atoms with Crippen LogP contribution in [0.4, 0.5) is 0 Å². The van der Waals surface area contributed by atoms with Crippen LogP contribution in [0.15, 0.2) is 60.8 Å². The topological polar surface area (TPSA) is 29.1 Å². The molecule has 102 valence electrons. The highest BCUT2D eigenvalue weighted by atomic mass is 35.5. The smallest absolute Gasteiger partial charge is 0.169 e. The predicted molar refractivity (Wildman–Crippen MR) is 83.6 cm³/mol. The number of rotatable bonds is 5. The molecule has 2 rings (SSSR count). The zero-order valence-corrected chi connectivity index (χ0v) is 12.0. The van der Waals surface area contributed by atoms with Crippen LogP contribution in [0.25, 0.3) is 5.57 Å². The Labute approximate surface area is 124 Å². The van der Waals surface area contributed by atoms with Crippen molar-refractivity contribution in [3.63, 3.8) is 0 Å². The van der Waals surface area contributed by atoms with Gasteiger partial charge < -0.3 is 5.32 Å². The summed E-state index contributed by atoms with van der Waals surface area (Å²) in [6.45, 7) is 0. The number of carbonyl (C=O) groups is 1. The van der Waals surface area contributed by atoms with Gasteiger partial charge in [0.15, 0.2) is 5.78 Å². The molecule has 0 aromatic heterocycles. The van der Waals surface area contributed by atoms with Gasteiger partial charge in [0.2, 0.25) is 0 Å². The molecule has 0 fully saturated rings. The Morgan fingerprint density at radius 2 is 1.75 bits per heavy atom. The second-order valence-electron chi connectivity index (χ2n) is 4.40. The first kappa shape index (κ1) is 14.4. The lowest BCUT2D eigenvalue weighted by Crippen LogP contribution is -2.09. The molecule has 2 aromatic rings. The van der Waals surface area contributed by atoms with Crippen molar-refractivity contribution in [2.24, 2.45) is 0 Å². The van der Waals surface area contributed by atoms with Gasteiger partial charge in [-0.3, -0.25) is 4.79 Å². The van der Waals surface area contributed by atoms with Gasteiger partial charge in [0, 0.05) is 30.3 Å². The summed E-state index contributed by atoms with van der Waals surface area (Å²) in [5.41, 5.74) is 2.41. The molecule has 0 radical (unpaired) electrons.